The van der Waals surface area contributed by atoms with Crippen molar-refractivity contribution >= 4 is 5.96 Å². The van der Waals surface area contributed by atoms with Crippen LogP contribution in [-0.4, -0.2) is 19.1 Å². The number of rotatable bonds is 9. The minimum absolute atomic E-state index is 0.517. The van der Waals surface area contributed by atoms with Crippen molar-refractivity contribution in [1.29, 1.82) is 0 Å². The van der Waals surface area contributed by atoms with E-state index in [2.05, 4.69) is 17.2 Å². The zero-order chi connectivity index (χ0) is 14.6. The van der Waals surface area contributed by atoms with Crippen LogP contribution in [0.15, 0.2) is 29.3 Å². The summed E-state index contributed by atoms with van der Waals surface area (Å²) in [6.45, 7) is 6.34. The van der Waals surface area contributed by atoms with E-state index in [9.17, 15) is 0 Å². The third-order valence-electron chi connectivity index (χ3n) is 2.98. The van der Waals surface area contributed by atoms with Crippen LogP contribution in [0.3, 0.4) is 0 Å². The highest BCUT2D eigenvalue weighted by atomic mass is 16.5. The van der Waals surface area contributed by atoms with Crippen LogP contribution in [0.4, 0.5) is 0 Å². The number of hydrogen-bond acceptors (Lipinski definition) is 2. The number of unbranched alkanes of at least 4 members (excludes halogenated alkanes) is 3. The molecule has 0 saturated carbocycles. The largest absolute Gasteiger partial charge is 0.494 e. The van der Waals surface area contributed by atoms with Crippen LogP contribution in [0, 0.1) is 0 Å². The second-order valence-corrected chi connectivity index (χ2v) is 4.77. The number of nitrogens with zero attached hydrogens (tertiary/aromatic N) is 1. The predicted molar refractivity (Wildman–Crippen MR) is 85.1 cm³/mol. The molecule has 0 aliphatic rings. The first-order valence-corrected chi connectivity index (χ1v) is 7.51. The van der Waals surface area contributed by atoms with Crippen molar-refractivity contribution in [3.63, 3.8) is 0 Å². The number of aliphatic imine (C=N–C) groups is 1. The molecule has 3 N–H and O–H groups in total. The molecule has 0 saturated heterocycles. The van der Waals surface area contributed by atoms with E-state index in [1.165, 1.54) is 19.3 Å². The monoisotopic (exact) mass is 277 g/mol. The molecule has 0 unspecified atom stereocenters. The SMILES string of the molecule is CCCCCCNC(N)=NCc1cccc(OCC)c1. The van der Waals surface area contributed by atoms with Gasteiger partial charge in [-0.15, -0.1) is 0 Å². The number of ether oxygens (including phenoxy) is 1. The molecule has 0 aliphatic carbocycles. The molecule has 1 aromatic carbocycles. The highest BCUT2D eigenvalue weighted by Gasteiger charge is 1.97. The van der Waals surface area contributed by atoms with Crippen LogP contribution in [0.25, 0.3) is 0 Å². The molecular formula is C16H27N3O. The lowest BCUT2D eigenvalue weighted by molar-refractivity contribution is 0.340. The van der Waals surface area contributed by atoms with Gasteiger partial charge in [-0.25, -0.2) is 4.99 Å². The standard InChI is InChI=1S/C16H27N3O/c1-3-5-6-7-11-18-16(17)19-13-14-9-8-10-15(12-14)20-4-2/h8-10,12H,3-7,11,13H2,1-2H3,(H3,17,18,19). The third kappa shape index (κ3) is 7.02. The Balaban J connectivity index is 2.32. The summed E-state index contributed by atoms with van der Waals surface area (Å²) in [5.41, 5.74) is 6.94. The summed E-state index contributed by atoms with van der Waals surface area (Å²) < 4.78 is 5.46. The molecule has 112 valence electrons. The second-order valence-electron chi connectivity index (χ2n) is 4.77. The van der Waals surface area contributed by atoms with Crippen LogP contribution in [0.1, 0.15) is 45.1 Å². The topological polar surface area (TPSA) is 59.6 Å². The van der Waals surface area contributed by atoms with Crippen molar-refractivity contribution in [2.24, 2.45) is 10.7 Å². The maximum absolute atomic E-state index is 5.84. The fraction of sp³-hybridized carbons (Fsp3) is 0.562. The number of benzene rings is 1. The molecule has 0 radical (unpaired) electrons. The lowest BCUT2D eigenvalue weighted by atomic mass is 10.2. The molecule has 4 nitrogen and oxygen atoms in total. The van der Waals surface area contributed by atoms with Crippen molar-refractivity contribution in [3.8, 4) is 5.75 Å². The minimum Gasteiger partial charge on any atom is -0.494 e. The average Bonchev–Trinajstić information content (AvgIpc) is 2.46. The molecule has 1 aromatic rings. The van der Waals surface area contributed by atoms with E-state index in [0.717, 1.165) is 24.3 Å². The molecule has 0 amide bonds. The summed E-state index contributed by atoms with van der Waals surface area (Å²) >= 11 is 0. The van der Waals surface area contributed by atoms with E-state index >= 15 is 0 Å². The van der Waals surface area contributed by atoms with Gasteiger partial charge in [0.1, 0.15) is 5.75 Å². The summed E-state index contributed by atoms with van der Waals surface area (Å²) in [5, 5.41) is 3.15. The number of nitrogens with two attached hydrogens (primary N) is 1. The summed E-state index contributed by atoms with van der Waals surface area (Å²) in [4.78, 5) is 4.34. The van der Waals surface area contributed by atoms with E-state index in [4.69, 9.17) is 10.5 Å². The van der Waals surface area contributed by atoms with Crippen molar-refractivity contribution in [1.82, 2.24) is 5.32 Å². The average molecular weight is 277 g/mol. The van der Waals surface area contributed by atoms with Gasteiger partial charge in [0.15, 0.2) is 5.96 Å². The first-order valence-electron chi connectivity index (χ1n) is 7.51. The van der Waals surface area contributed by atoms with Crippen LogP contribution >= 0.6 is 0 Å². The zero-order valence-electron chi connectivity index (χ0n) is 12.7. The molecule has 0 atom stereocenters. The Morgan fingerprint density at radius 2 is 2.10 bits per heavy atom. The highest BCUT2D eigenvalue weighted by molar-refractivity contribution is 5.77. The quantitative estimate of drug-likeness (QED) is 0.414. The fourth-order valence-corrected chi connectivity index (χ4v) is 1.90. The van der Waals surface area contributed by atoms with Gasteiger partial charge >= 0.3 is 0 Å². The van der Waals surface area contributed by atoms with E-state index in [-0.39, 0.29) is 0 Å². The molecule has 0 heterocycles. The van der Waals surface area contributed by atoms with Gasteiger partial charge in [0.05, 0.1) is 13.2 Å². The highest BCUT2D eigenvalue weighted by Crippen LogP contribution is 2.13. The van der Waals surface area contributed by atoms with Crippen LogP contribution in [0.2, 0.25) is 0 Å². The molecule has 0 spiro atoms. The predicted octanol–water partition coefficient (Wildman–Crippen LogP) is 3.07. The van der Waals surface area contributed by atoms with Gasteiger partial charge in [-0.3, -0.25) is 0 Å². The van der Waals surface area contributed by atoms with Crippen molar-refractivity contribution < 1.29 is 4.74 Å². The third-order valence-corrected chi connectivity index (χ3v) is 2.98. The van der Waals surface area contributed by atoms with Gasteiger partial charge in [0.2, 0.25) is 0 Å². The number of nitrogens with one attached hydrogen (secondary N) is 1. The first-order chi connectivity index (χ1) is 9.76. The van der Waals surface area contributed by atoms with Crippen LogP contribution in [-0.2, 0) is 6.54 Å². The Hall–Kier alpha value is -1.71. The molecule has 4 heteroatoms. The van der Waals surface area contributed by atoms with Crippen LogP contribution in [0.5, 0.6) is 5.75 Å². The first kappa shape index (κ1) is 16.3. The van der Waals surface area contributed by atoms with Crippen molar-refractivity contribution in [2.45, 2.75) is 46.1 Å². The smallest absolute Gasteiger partial charge is 0.188 e. The van der Waals surface area contributed by atoms with Gasteiger partial charge < -0.3 is 15.8 Å². The summed E-state index contributed by atoms with van der Waals surface area (Å²) in [6.07, 6.45) is 4.92. The molecule has 0 aromatic heterocycles. The Morgan fingerprint density at radius 1 is 1.25 bits per heavy atom. The minimum atomic E-state index is 0.517. The Labute approximate surface area is 122 Å². The lowest BCUT2D eigenvalue weighted by Gasteiger charge is -2.06. The molecular weight excluding hydrogens is 250 g/mol. The molecule has 0 bridgehead atoms. The van der Waals surface area contributed by atoms with Gasteiger partial charge in [0.25, 0.3) is 0 Å². The number of guanidine groups is 1. The molecule has 0 fully saturated rings. The molecule has 20 heavy (non-hydrogen) atoms. The van der Waals surface area contributed by atoms with Gasteiger partial charge in [0, 0.05) is 6.54 Å². The fourth-order valence-electron chi connectivity index (χ4n) is 1.90. The summed E-state index contributed by atoms with van der Waals surface area (Å²) in [5.74, 6) is 1.40. The number of hydrogen-bond donors (Lipinski definition) is 2. The second kappa shape index (κ2) is 10.1. The molecule has 1 rings (SSSR count). The van der Waals surface area contributed by atoms with Crippen molar-refractivity contribution in [2.75, 3.05) is 13.2 Å². The van der Waals surface area contributed by atoms with E-state index in [0.29, 0.717) is 19.1 Å². The van der Waals surface area contributed by atoms with Gasteiger partial charge in [-0.1, -0.05) is 38.3 Å². The Morgan fingerprint density at radius 3 is 2.85 bits per heavy atom. The Bertz CT molecular complexity index is 404. The Kier molecular flexibility index (Phi) is 8.27. The van der Waals surface area contributed by atoms with E-state index in [1.807, 2.05) is 31.2 Å². The maximum atomic E-state index is 5.84. The van der Waals surface area contributed by atoms with E-state index < -0.39 is 0 Å². The summed E-state index contributed by atoms with van der Waals surface area (Å²) in [6, 6.07) is 7.96. The summed E-state index contributed by atoms with van der Waals surface area (Å²) in [7, 11) is 0. The molecule has 0 aliphatic heterocycles. The van der Waals surface area contributed by atoms with Gasteiger partial charge in [-0.2, -0.15) is 0 Å². The van der Waals surface area contributed by atoms with Gasteiger partial charge in [-0.05, 0) is 31.0 Å². The maximum Gasteiger partial charge on any atom is 0.188 e. The zero-order valence-corrected chi connectivity index (χ0v) is 12.7. The van der Waals surface area contributed by atoms with Crippen molar-refractivity contribution in [3.05, 3.63) is 29.8 Å². The lowest BCUT2D eigenvalue weighted by Crippen LogP contribution is -2.32. The van der Waals surface area contributed by atoms with E-state index in [1.54, 1.807) is 0 Å². The van der Waals surface area contributed by atoms with Crippen LogP contribution < -0.4 is 15.8 Å². The normalized spacial score (nSPS) is 11.4.